The van der Waals surface area contributed by atoms with E-state index in [2.05, 4.69) is 6.92 Å². The Morgan fingerprint density at radius 1 is 1.56 bits per heavy atom. The van der Waals surface area contributed by atoms with Gasteiger partial charge in [-0.05, 0) is 26.7 Å². The highest BCUT2D eigenvalue weighted by atomic mass is 14.7. The summed E-state index contributed by atoms with van der Waals surface area (Å²) >= 11 is 0. The van der Waals surface area contributed by atoms with E-state index in [0.717, 1.165) is 12.8 Å². The third kappa shape index (κ3) is 4.43. The summed E-state index contributed by atoms with van der Waals surface area (Å²) in [6, 6.07) is 0.222. The lowest BCUT2D eigenvalue weighted by atomic mass is 9.93. The van der Waals surface area contributed by atoms with Crippen molar-refractivity contribution in [2.75, 3.05) is 0 Å². The third-order valence-electron chi connectivity index (χ3n) is 1.60. The predicted octanol–water partition coefficient (Wildman–Crippen LogP) is 0.851. The second-order valence-electron chi connectivity index (χ2n) is 3.19. The largest absolute Gasteiger partial charge is 0.328 e. The molecule has 0 radical (unpaired) electrons. The fraction of sp³-hybridized carbons (Fsp3) is 1.00. The lowest BCUT2D eigenvalue weighted by molar-refractivity contribution is 0.388. The van der Waals surface area contributed by atoms with Crippen LogP contribution < -0.4 is 11.5 Å². The molecular weight excluding hydrogens is 112 g/mol. The maximum Gasteiger partial charge on any atom is 0.0137 e. The Hall–Kier alpha value is -0.0800. The van der Waals surface area contributed by atoms with Gasteiger partial charge >= 0.3 is 0 Å². The normalized spacial score (nSPS) is 21.0. The molecule has 0 aromatic rings. The zero-order valence-electron chi connectivity index (χ0n) is 6.65. The van der Waals surface area contributed by atoms with E-state index in [-0.39, 0.29) is 11.6 Å². The van der Waals surface area contributed by atoms with Crippen LogP contribution in [-0.2, 0) is 0 Å². The number of rotatable bonds is 3. The monoisotopic (exact) mass is 130 g/mol. The second-order valence-corrected chi connectivity index (χ2v) is 3.19. The Bertz CT molecular complexity index is 77.0. The van der Waals surface area contributed by atoms with Crippen molar-refractivity contribution in [1.82, 2.24) is 0 Å². The molecule has 0 aromatic heterocycles. The highest BCUT2D eigenvalue weighted by molar-refractivity contribution is 4.79. The quantitative estimate of drug-likeness (QED) is 0.595. The van der Waals surface area contributed by atoms with Gasteiger partial charge in [0.05, 0.1) is 0 Å². The van der Waals surface area contributed by atoms with E-state index in [1.807, 2.05) is 13.8 Å². The van der Waals surface area contributed by atoms with Crippen LogP contribution in [0, 0.1) is 0 Å². The minimum atomic E-state index is -0.0613. The molecule has 0 aliphatic carbocycles. The first kappa shape index (κ1) is 8.92. The summed E-state index contributed by atoms with van der Waals surface area (Å²) in [5.41, 5.74) is 11.3. The van der Waals surface area contributed by atoms with E-state index in [1.165, 1.54) is 0 Å². The summed E-state index contributed by atoms with van der Waals surface area (Å²) in [5.74, 6) is 0. The van der Waals surface area contributed by atoms with Crippen molar-refractivity contribution < 1.29 is 0 Å². The van der Waals surface area contributed by atoms with Gasteiger partial charge in [0.2, 0.25) is 0 Å². The molecular formula is C7H18N2. The van der Waals surface area contributed by atoms with Crippen LogP contribution in [0.25, 0.3) is 0 Å². The molecule has 0 fully saturated rings. The minimum Gasteiger partial charge on any atom is -0.328 e. The van der Waals surface area contributed by atoms with Crippen molar-refractivity contribution in [1.29, 1.82) is 0 Å². The summed E-state index contributed by atoms with van der Waals surface area (Å²) in [5, 5.41) is 0. The van der Waals surface area contributed by atoms with Crippen LogP contribution in [0.5, 0.6) is 0 Å². The van der Waals surface area contributed by atoms with Crippen molar-refractivity contribution in [3.63, 3.8) is 0 Å². The van der Waals surface area contributed by atoms with Crippen molar-refractivity contribution in [3.8, 4) is 0 Å². The van der Waals surface area contributed by atoms with Crippen LogP contribution >= 0.6 is 0 Å². The molecule has 0 aliphatic rings. The maximum atomic E-state index is 5.84. The van der Waals surface area contributed by atoms with Gasteiger partial charge in [-0.3, -0.25) is 0 Å². The summed E-state index contributed by atoms with van der Waals surface area (Å²) < 4.78 is 0. The molecule has 2 heteroatoms. The smallest absolute Gasteiger partial charge is 0.0137 e. The van der Waals surface area contributed by atoms with Gasteiger partial charge in [-0.15, -0.1) is 0 Å². The number of hydrogen-bond acceptors (Lipinski definition) is 2. The predicted molar refractivity (Wildman–Crippen MR) is 41.1 cm³/mol. The molecule has 0 saturated heterocycles. The van der Waals surface area contributed by atoms with Gasteiger partial charge in [-0.1, -0.05) is 6.92 Å². The zero-order chi connectivity index (χ0) is 7.49. The van der Waals surface area contributed by atoms with Gasteiger partial charge in [-0.25, -0.2) is 0 Å². The molecule has 2 atom stereocenters. The van der Waals surface area contributed by atoms with E-state index in [0.29, 0.717) is 0 Å². The van der Waals surface area contributed by atoms with Gasteiger partial charge in [-0.2, -0.15) is 0 Å². The second kappa shape index (κ2) is 3.18. The molecule has 0 rings (SSSR count). The van der Waals surface area contributed by atoms with Crippen LogP contribution in [-0.4, -0.2) is 11.6 Å². The van der Waals surface area contributed by atoms with Crippen molar-refractivity contribution >= 4 is 0 Å². The summed E-state index contributed by atoms with van der Waals surface area (Å²) in [4.78, 5) is 0. The minimum absolute atomic E-state index is 0.0613. The number of nitrogens with two attached hydrogens (primary N) is 2. The fourth-order valence-electron chi connectivity index (χ4n) is 0.880. The molecule has 0 spiro atoms. The first-order chi connectivity index (χ1) is 3.98. The molecule has 0 heterocycles. The Balaban J connectivity index is 3.58. The van der Waals surface area contributed by atoms with Crippen LogP contribution in [0.1, 0.15) is 33.6 Å². The molecule has 1 unspecified atom stereocenters. The molecule has 0 bridgehead atoms. The van der Waals surface area contributed by atoms with Crippen LogP contribution in [0.2, 0.25) is 0 Å². The first-order valence-electron chi connectivity index (χ1n) is 3.52. The lowest BCUT2D eigenvalue weighted by Crippen LogP contribution is -2.40. The average Bonchev–Trinajstić information content (AvgIpc) is 1.63. The highest BCUT2D eigenvalue weighted by Gasteiger charge is 2.16. The number of hydrogen-bond donors (Lipinski definition) is 2. The summed E-state index contributed by atoms with van der Waals surface area (Å²) in [6.45, 7) is 6.11. The van der Waals surface area contributed by atoms with Gasteiger partial charge < -0.3 is 11.5 Å². The molecule has 0 aliphatic heterocycles. The Morgan fingerprint density at radius 3 is 2.11 bits per heavy atom. The van der Waals surface area contributed by atoms with E-state index in [4.69, 9.17) is 11.5 Å². The maximum absolute atomic E-state index is 5.84. The van der Waals surface area contributed by atoms with E-state index >= 15 is 0 Å². The summed E-state index contributed by atoms with van der Waals surface area (Å²) in [6.07, 6.45) is 1.90. The Kier molecular flexibility index (Phi) is 3.15. The Labute approximate surface area is 57.6 Å². The van der Waals surface area contributed by atoms with Crippen molar-refractivity contribution in [2.24, 2.45) is 11.5 Å². The van der Waals surface area contributed by atoms with Crippen LogP contribution in [0.15, 0.2) is 0 Å². The molecule has 2 nitrogen and oxygen atoms in total. The SMILES string of the molecule is CC[C@@](C)(N)CC(C)N. The van der Waals surface area contributed by atoms with E-state index in [9.17, 15) is 0 Å². The van der Waals surface area contributed by atoms with Gasteiger partial charge in [0.1, 0.15) is 0 Å². The zero-order valence-corrected chi connectivity index (χ0v) is 6.65. The fourth-order valence-corrected chi connectivity index (χ4v) is 0.880. The molecule has 9 heavy (non-hydrogen) atoms. The lowest BCUT2D eigenvalue weighted by Gasteiger charge is -2.24. The summed E-state index contributed by atoms with van der Waals surface area (Å²) in [7, 11) is 0. The molecule has 0 aromatic carbocycles. The first-order valence-corrected chi connectivity index (χ1v) is 3.52. The topological polar surface area (TPSA) is 52.0 Å². The van der Waals surface area contributed by atoms with Crippen LogP contribution in [0.4, 0.5) is 0 Å². The van der Waals surface area contributed by atoms with Gasteiger partial charge in [0.15, 0.2) is 0 Å². The van der Waals surface area contributed by atoms with Gasteiger partial charge in [0.25, 0.3) is 0 Å². The third-order valence-corrected chi connectivity index (χ3v) is 1.60. The van der Waals surface area contributed by atoms with E-state index < -0.39 is 0 Å². The van der Waals surface area contributed by atoms with Crippen LogP contribution in [0.3, 0.4) is 0 Å². The van der Waals surface area contributed by atoms with E-state index in [1.54, 1.807) is 0 Å². The molecule has 56 valence electrons. The highest BCUT2D eigenvalue weighted by Crippen LogP contribution is 2.10. The molecule has 4 N–H and O–H groups in total. The average molecular weight is 130 g/mol. The van der Waals surface area contributed by atoms with Crippen molar-refractivity contribution in [2.45, 2.75) is 45.2 Å². The standard InChI is InChI=1S/C7H18N2/c1-4-7(3,9)5-6(2)8/h6H,4-5,8-9H2,1-3H3/t6?,7-/m1/s1. The van der Waals surface area contributed by atoms with Crippen molar-refractivity contribution in [3.05, 3.63) is 0 Å². The molecule has 0 amide bonds. The Morgan fingerprint density at radius 2 is 2.00 bits per heavy atom. The molecule has 0 saturated carbocycles. The van der Waals surface area contributed by atoms with Gasteiger partial charge in [0, 0.05) is 11.6 Å².